The highest BCUT2D eigenvalue weighted by atomic mass is 16.5. The van der Waals surface area contributed by atoms with Crippen molar-refractivity contribution in [2.24, 2.45) is 0 Å². The van der Waals surface area contributed by atoms with Gasteiger partial charge in [-0.15, -0.1) is 0 Å². The number of aromatic nitrogens is 1. The van der Waals surface area contributed by atoms with Gasteiger partial charge in [-0.3, -0.25) is 9.88 Å². The van der Waals surface area contributed by atoms with Gasteiger partial charge in [0.1, 0.15) is 5.75 Å². The summed E-state index contributed by atoms with van der Waals surface area (Å²) < 4.78 is 6.33. The summed E-state index contributed by atoms with van der Waals surface area (Å²) in [4.78, 5) is 7.62. The molecule has 0 saturated heterocycles. The molecule has 3 nitrogen and oxygen atoms in total. The van der Waals surface area contributed by atoms with E-state index in [2.05, 4.69) is 77.6 Å². The molecule has 0 bridgehead atoms. The van der Waals surface area contributed by atoms with Crippen LogP contribution in [-0.4, -0.2) is 29.1 Å². The lowest BCUT2D eigenvalue weighted by Gasteiger charge is -2.25. The van der Waals surface area contributed by atoms with Crippen LogP contribution < -0.4 is 4.74 Å². The smallest absolute Gasteiger partial charge is 0.128 e. The van der Waals surface area contributed by atoms with Crippen molar-refractivity contribution in [2.75, 3.05) is 13.1 Å². The molecule has 0 atom stereocenters. The minimum atomic E-state index is 0.140. The van der Waals surface area contributed by atoms with Crippen LogP contribution in [0.2, 0.25) is 0 Å². The largest absolute Gasteiger partial charge is 0.491 e. The van der Waals surface area contributed by atoms with Crippen LogP contribution in [0.4, 0.5) is 0 Å². The van der Waals surface area contributed by atoms with Crippen LogP contribution in [0.25, 0.3) is 11.3 Å². The zero-order valence-electron chi connectivity index (χ0n) is 19.6. The minimum absolute atomic E-state index is 0.140. The molecule has 0 radical (unpaired) electrons. The third-order valence-electron chi connectivity index (χ3n) is 5.37. The first-order valence-corrected chi connectivity index (χ1v) is 11.5. The van der Waals surface area contributed by atoms with Crippen molar-refractivity contribution >= 4 is 0 Å². The van der Waals surface area contributed by atoms with Crippen molar-refractivity contribution in [3.8, 4) is 17.0 Å². The first-order valence-electron chi connectivity index (χ1n) is 11.5. The first kappa shape index (κ1) is 23.4. The number of hydrogen-bond donors (Lipinski definition) is 0. The fraction of sp³-hybridized carbons (Fsp3) is 0.577. The van der Waals surface area contributed by atoms with Crippen LogP contribution in [0.1, 0.15) is 76.8 Å². The Morgan fingerprint density at radius 2 is 1.55 bits per heavy atom. The van der Waals surface area contributed by atoms with E-state index in [-0.39, 0.29) is 6.10 Å². The van der Waals surface area contributed by atoms with E-state index in [0.717, 1.165) is 62.5 Å². The maximum atomic E-state index is 6.33. The molecule has 3 heteroatoms. The van der Waals surface area contributed by atoms with Crippen molar-refractivity contribution in [3.63, 3.8) is 0 Å². The molecular weight excluding hydrogens is 356 g/mol. The van der Waals surface area contributed by atoms with Crippen LogP contribution in [0.5, 0.6) is 5.75 Å². The quantitative estimate of drug-likeness (QED) is 0.428. The average Bonchev–Trinajstić information content (AvgIpc) is 2.69. The molecule has 0 unspecified atom stereocenters. The third-order valence-corrected chi connectivity index (χ3v) is 5.37. The maximum absolute atomic E-state index is 6.33. The molecule has 2 aromatic rings. The molecule has 0 N–H and O–H groups in total. The highest BCUT2D eigenvalue weighted by molar-refractivity contribution is 5.70. The summed E-state index contributed by atoms with van der Waals surface area (Å²) in [5.74, 6) is 0.993. The standard InChI is InChI=1S/C26H40N2O/c1-8-15-28(16-9-2)18-23-20(7)27-24(17-25(23)29-19(5)6)26-21(10-3)13-12-14-22(26)11-4/h12-14,17,19H,8-11,15-16,18H2,1-7H3. The van der Waals surface area contributed by atoms with E-state index in [4.69, 9.17) is 9.72 Å². The number of benzene rings is 1. The Morgan fingerprint density at radius 1 is 0.966 bits per heavy atom. The number of hydrogen-bond acceptors (Lipinski definition) is 3. The van der Waals surface area contributed by atoms with Gasteiger partial charge < -0.3 is 4.74 Å². The molecule has 1 heterocycles. The SMILES string of the molecule is CCCN(CCC)Cc1c(OC(C)C)cc(-c2c(CC)cccc2CC)nc1C. The van der Waals surface area contributed by atoms with E-state index >= 15 is 0 Å². The highest BCUT2D eigenvalue weighted by Gasteiger charge is 2.18. The monoisotopic (exact) mass is 396 g/mol. The molecule has 0 fully saturated rings. The number of ether oxygens (including phenoxy) is 1. The normalized spacial score (nSPS) is 11.5. The molecule has 0 saturated carbocycles. The van der Waals surface area contributed by atoms with Crippen molar-refractivity contribution in [3.05, 3.63) is 46.6 Å². The van der Waals surface area contributed by atoms with E-state index in [1.165, 1.54) is 22.3 Å². The summed E-state index contributed by atoms with van der Waals surface area (Å²) in [5.41, 5.74) is 7.38. The number of aryl methyl sites for hydroxylation is 3. The molecular formula is C26H40N2O. The van der Waals surface area contributed by atoms with Crippen LogP contribution >= 0.6 is 0 Å². The van der Waals surface area contributed by atoms with E-state index in [0.29, 0.717) is 0 Å². The molecule has 29 heavy (non-hydrogen) atoms. The van der Waals surface area contributed by atoms with Crippen LogP contribution in [0, 0.1) is 6.92 Å². The lowest BCUT2D eigenvalue weighted by Crippen LogP contribution is -2.26. The lowest BCUT2D eigenvalue weighted by atomic mass is 9.94. The zero-order valence-corrected chi connectivity index (χ0v) is 19.6. The predicted octanol–water partition coefficient (Wildman–Crippen LogP) is 6.59. The molecule has 0 amide bonds. The summed E-state index contributed by atoms with van der Waals surface area (Å²) in [6.07, 6.45) is 4.48. The van der Waals surface area contributed by atoms with E-state index in [1.807, 2.05) is 0 Å². The van der Waals surface area contributed by atoms with Gasteiger partial charge in [0, 0.05) is 29.4 Å². The second kappa shape index (κ2) is 11.3. The van der Waals surface area contributed by atoms with Gasteiger partial charge in [0.05, 0.1) is 11.8 Å². The zero-order chi connectivity index (χ0) is 21.4. The van der Waals surface area contributed by atoms with Crippen molar-refractivity contribution < 1.29 is 4.74 Å². The fourth-order valence-corrected chi connectivity index (χ4v) is 4.05. The van der Waals surface area contributed by atoms with E-state index < -0.39 is 0 Å². The summed E-state index contributed by atoms with van der Waals surface area (Å²) in [6.45, 7) is 18.4. The number of pyridine rings is 1. The number of rotatable bonds is 11. The van der Waals surface area contributed by atoms with Gasteiger partial charge in [0.15, 0.2) is 0 Å². The van der Waals surface area contributed by atoms with Gasteiger partial charge in [0.25, 0.3) is 0 Å². The fourth-order valence-electron chi connectivity index (χ4n) is 4.05. The first-order chi connectivity index (χ1) is 13.9. The summed E-state index contributed by atoms with van der Waals surface area (Å²) in [6, 6.07) is 8.81. The Hall–Kier alpha value is -1.87. The molecule has 160 valence electrons. The maximum Gasteiger partial charge on any atom is 0.128 e. The molecule has 0 aliphatic rings. The summed E-state index contributed by atoms with van der Waals surface area (Å²) in [5, 5.41) is 0. The predicted molar refractivity (Wildman–Crippen MR) is 125 cm³/mol. The van der Waals surface area contributed by atoms with Crippen LogP contribution in [0.15, 0.2) is 24.3 Å². The lowest BCUT2D eigenvalue weighted by molar-refractivity contribution is 0.225. The summed E-state index contributed by atoms with van der Waals surface area (Å²) in [7, 11) is 0. The Morgan fingerprint density at radius 3 is 2.03 bits per heavy atom. The molecule has 0 aliphatic heterocycles. The Labute approximate surface area is 178 Å². The molecule has 0 spiro atoms. The van der Waals surface area contributed by atoms with Crippen molar-refractivity contribution in [2.45, 2.75) is 86.8 Å². The van der Waals surface area contributed by atoms with Crippen molar-refractivity contribution in [1.82, 2.24) is 9.88 Å². The van der Waals surface area contributed by atoms with Crippen molar-refractivity contribution in [1.29, 1.82) is 0 Å². The molecule has 0 aliphatic carbocycles. The van der Waals surface area contributed by atoms with Crippen LogP contribution in [-0.2, 0) is 19.4 Å². The number of nitrogens with zero attached hydrogens (tertiary/aromatic N) is 2. The van der Waals surface area contributed by atoms with Gasteiger partial charge in [-0.1, -0.05) is 45.9 Å². The van der Waals surface area contributed by atoms with Gasteiger partial charge in [-0.05, 0) is 70.7 Å². The second-order valence-corrected chi connectivity index (χ2v) is 8.17. The van der Waals surface area contributed by atoms with Crippen LogP contribution in [0.3, 0.4) is 0 Å². The second-order valence-electron chi connectivity index (χ2n) is 8.17. The van der Waals surface area contributed by atoms with E-state index in [9.17, 15) is 0 Å². The minimum Gasteiger partial charge on any atom is -0.491 e. The van der Waals surface area contributed by atoms with Gasteiger partial charge in [0.2, 0.25) is 0 Å². The highest BCUT2D eigenvalue weighted by Crippen LogP contribution is 2.34. The Kier molecular flexibility index (Phi) is 9.16. The Balaban J connectivity index is 2.58. The summed E-state index contributed by atoms with van der Waals surface area (Å²) >= 11 is 0. The Bertz CT molecular complexity index is 754. The third kappa shape index (κ3) is 6.05. The molecule has 1 aromatic heterocycles. The van der Waals surface area contributed by atoms with Gasteiger partial charge >= 0.3 is 0 Å². The average molecular weight is 397 g/mol. The van der Waals surface area contributed by atoms with E-state index in [1.54, 1.807) is 0 Å². The molecule has 1 aromatic carbocycles. The molecule has 2 rings (SSSR count). The topological polar surface area (TPSA) is 25.4 Å². The van der Waals surface area contributed by atoms with Gasteiger partial charge in [-0.25, -0.2) is 0 Å². The van der Waals surface area contributed by atoms with Gasteiger partial charge in [-0.2, -0.15) is 0 Å².